The van der Waals surface area contributed by atoms with Crippen LogP contribution in [0.4, 0.5) is 0 Å². The molecule has 3 nitrogen and oxygen atoms in total. The molecule has 20 heavy (non-hydrogen) atoms. The van der Waals surface area contributed by atoms with Gasteiger partial charge in [-0.25, -0.2) is 0 Å². The SMILES string of the molecule is CCNC(CCOCCOC)Cc1cc(C)ccc1C. The second-order valence-electron chi connectivity index (χ2n) is 5.28. The van der Waals surface area contributed by atoms with Crippen molar-refractivity contribution in [3.63, 3.8) is 0 Å². The van der Waals surface area contributed by atoms with Crippen molar-refractivity contribution in [3.8, 4) is 0 Å². The van der Waals surface area contributed by atoms with Gasteiger partial charge < -0.3 is 14.8 Å². The molecule has 0 saturated carbocycles. The summed E-state index contributed by atoms with van der Waals surface area (Å²) in [6.07, 6.45) is 2.10. The summed E-state index contributed by atoms with van der Waals surface area (Å²) < 4.78 is 10.6. The average molecular weight is 279 g/mol. The number of ether oxygens (including phenoxy) is 2. The monoisotopic (exact) mass is 279 g/mol. The third-order valence-corrected chi connectivity index (χ3v) is 3.51. The molecule has 0 aromatic heterocycles. The van der Waals surface area contributed by atoms with Crippen molar-refractivity contribution in [3.05, 3.63) is 34.9 Å². The third-order valence-electron chi connectivity index (χ3n) is 3.51. The van der Waals surface area contributed by atoms with Gasteiger partial charge in [0.15, 0.2) is 0 Å². The highest BCUT2D eigenvalue weighted by atomic mass is 16.5. The fourth-order valence-corrected chi connectivity index (χ4v) is 2.32. The topological polar surface area (TPSA) is 30.5 Å². The molecule has 0 aliphatic carbocycles. The Kier molecular flexibility index (Phi) is 8.51. The third kappa shape index (κ3) is 6.51. The van der Waals surface area contributed by atoms with Crippen molar-refractivity contribution in [2.45, 2.75) is 39.7 Å². The minimum absolute atomic E-state index is 0.475. The first-order valence-electron chi connectivity index (χ1n) is 7.53. The Bertz CT molecular complexity index is 379. The molecule has 1 atom stereocenters. The summed E-state index contributed by atoms with van der Waals surface area (Å²) in [5.74, 6) is 0. The van der Waals surface area contributed by atoms with E-state index in [2.05, 4.69) is 44.3 Å². The summed E-state index contributed by atoms with van der Waals surface area (Å²) >= 11 is 0. The van der Waals surface area contributed by atoms with Crippen LogP contribution in [0.5, 0.6) is 0 Å². The Hall–Kier alpha value is -0.900. The van der Waals surface area contributed by atoms with Crippen molar-refractivity contribution in [2.75, 3.05) is 33.5 Å². The molecule has 114 valence electrons. The van der Waals surface area contributed by atoms with Gasteiger partial charge in [0.1, 0.15) is 0 Å². The fraction of sp³-hybridized carbons (Fsp3) is 0.647. The first kappa shape index (κ1) is 17.2. The maximum Gasteiger partial charge on any atom is 0.0700 e. The van der Waals surface area contributed by atoms with E-state index >= 15 is 0 Å². The van der Waals surface area contributed by atoms with Gasteiger partial charge in [0.05, 0.1) is 13.2 Å². The number of hydrogen-bond acceptors (Lipinski definition) is 3. The predicted molar refractivity (Wildman–Crippen MR) is 84.4 cm³/mol. The highest BCUT2D eigenvalue weighted by Gasteiger charge is 2.10. The Morgan fingerprint density at radius 2 is 1.95 bits per heavy atom. The Morgan fingerprint density at radius 3 is 2.65 bits per heavy atom. The van der Waals surface area contributed by atoms with Crippen LogP contribution in [-0.4, -0.2) is 39.5 Å². The number of benzene rings is 1. The van der Waals surface area contributed by atoms with Gasteiger partial charge in [-0.2, -0.15) is 0 Å². The molecular weight excluding hydrogens is 250 g/mol. The molecule has 1 N–H and O–H groups in total. The van der Waals surface area contributed by atoms with E-state index in [-0.39, 0.29) is 0 Å². The molecule has 0 spiro atoms. The molecule has 3 heteroatoms. The normalized spacial score (nSPS) is 12.6. The van der Waals surface area contributed by atoms with Crippen molar-refractivity contribution in [1.29, 1.82) is 0 Å². The molecule has 0 aliphatic heterocycles. The van der Waals surface area contributed by atoms with Crippen LogP contribution in [0, 0.1) is 13.8 Å². The molecule has 0 radical (unpaired) electrons. The fourth-order valence-electron chi connectivity index (χ4n) is 2.32. The van der Waals surface area contributed by atoms with Crippen molar-refractivity contribution in [2.24, 2.45) is 0 Å². The lowest BCUT2D eigenvalue weighted by Gasteiger charge is -2.19. The number of nitrogens with one attached hydrogen (secondary N) is 1. The van der Waals surface area contributed by atoms with E-state index in [9.17, 15) is 0 Å². The lowest BCUT2D eigenvalue weighted by Crippen LogP contribution is -2.32. The predicted octanol–water partition coefficient (Wildman–Crippen LogP) is 2.88. The zero-order valence-electron chi connectivity index (χ0n) is 13.4. The van der Waals surface area contributed by atoms with Crippen molar-refractivity contribution in [1.82, 2.24) is 5.32 Å². The number of rotatable bonds is 10. The van der Waals surface area contributed by atoms with Gasteiger partial charge >= 0.3 is 0 Å². The zero-order chi connectivity index (χ0) is 14.8. The van der Waals surface area contributed by atoms with E-state index in [1.165, 1.54) is 16.7 Å². The van der Waals surface area contributed by atoms with Crippen molar-refractivity contribution < 1.29 is 9.47 Å². The second kappa shape index (κ2) is 9.92. The highest BCUT2D eigenvalue weighted by molar-refractivity contribution is 5.31. The van der Waals surface area contributed by atoms with Crippen LogP contribution < -0.4 is 5.32 Å². The molecule has 0 fully saturated rings. The number of methoxy groups -OCH3 is 1. The van der Waals surface area contributed by atoms with E-state index in [0.717, 1.165) is 26.0 Å². The molecule has 0 amide bonds. The van der Waals surface area contributed by atoms with Crippen LogP contribution in [0.2, 0.25) is 0 Å². The van der Waals surface area contributed by atoms with Gasteiger partial charge in [-0.1, -0.05) is 30.7 Å². The summed E-state index contributed by atoms with van der Waals surface area (Å²) in [7, 11) is 1.70. The summed E-state index contributed by atoms with van der Waals surface area (Å²) in [5.41, 5.74) is 4.14. The quantitative estimate of drug-likeness (QED) is 0.668. The van der Waals surface area contributed by atoms with Gasteiger partial charge in [-0.05, 0) is 44.4 Å². The second-order valence-corrected chi connectivity index (χ2v) is 5.28. The molecule has 1 aromatic carbocycles. The Balaban J connectivity index is 2.47. The minimum Gasteiger partial charge on any atom is -0.382 e. The molecule has 1 rings (SSSR count). The number of hydrogen-bond donors (Lipinski definition) is 1. The summed E-state index contributed by atoms with van der Waals surface area (Å²) in [6.45, 7) is 9.62. The molecule has 0 aliphatic rings. The summed E-state index contributed by atoms with van der Waals surface area (Å²) in [4.78, 5) is 0. The van der Waals surface area contributed by atoms with Gasteiger partial charge in [0.25, 0.3) is 0 Å². The van der Waals surface area contributed by atoms with E-state index in [0.29, 0.717) is 19.3 Å². The van der Waals surface area contributed by atoms with Crippen LogP contribution in [0.1, 0.15) is 30.0 Å². The summed E-state index contributed by atoms with van der Waals surface area (Å²) in [6, 6.07) is 7.16. The largest absolute Gasteiger partial charge is 0.382 e. The lowest BCUT2D eigenvalue weighted by molar-refractivity contribution is 0.0659. The molecule has 1 aromatic rings. The van der Waals surface area contributed by atoms with E-state index < -0.39 is 0 Å². The van der Waals surface area contributed by atoms with Gasteiger partial charge in [0.2, 0.25) is 0 Å². The van der Waals surface area contributed by atoms with Crippen LogP contribution in [-0.2, 0) is 15.9 Å². The molecule has 1 unspecified atom stereocenters. The maximum absolute atomic E-state index is 5.58. The first-order valence-corrected chi connectivity index (χ1v) is 7.53. The smallest absolute Gasteiger partial charge is 0.0700 e. The molecular formula is C17H29NO2. The first-order chi connectivity index (χ1) is 9.67. The van der Waals surface area contributed by atoms with Crippen LogP contribution in [0.3, 0.4) is 0 Å². The molecule has 0 bridgehead atoms. The Labute approximate surface area is 123 Å². The van der Waals surface area contributed by atoms with E-state index in [1.54, 1.807) is 7.11 Å². The maximum atomic E-state index is 5.58. The minimum atomic E-state index is 0.475. The average Bonchev–Trinajstić information content (AvgIpc) is 2.42. The Morgan fingerprint density at radius 1 is 1.15 bits per heavy atom. The van der Waals surface area contributed by atoms with Crippen LogP contribution >= 0.6 is 0 Å². The molecule has 0 saturated heterocycles. The zero-order valence-corrected chi connectivity index (χ0v) is 13.4. The van der Waals surface area contributed by atoms with E-state index in [4.69, 9.17) is 9.47 Å². The van der Waals surface area contributed by atoms with Gasteiger partial charge in [-0.3, -0.25) is 0 Å². The highest BCUT2D eigenvalue weighted by Crippen LogP contribution is 2.14. The van der Waals surface area contributed by atoms with Crippen molar-refractivity contribution >= 4 is 0 Å². The standard InChI is InChI=1S/C17H29NO2/c1-5-18-17(8-9-20-11-10-19-4)13-16-12-14(2)6-7-15(16)3/h6-7,12,17-18H,5,8-11,13H2,1-4H3. The van der Waals surface area contributed by atoms with Gasteiger partial charge in [-0.15, -0.1) is 0 Å². The molecule has 0 heterocycles. The van der Waals surface area contributed by atoms with Gasteiger partial charge in [0, 0.05) is 19.8 Å². The summed E-state index contributed by atoms with van der Waals surface area (Å²) in [5, 5.41) is 3.56. The van der Waals surface area contributed by atoms with E-state index in [1.807, 2.05) is 0 Å². The number of likely N-dealkylation sites (N-methyl/N-ethyl adjacent to an activating group) is 1. The van der Waals surface area contributed by atoms with Crippen LogP contribution in [0.15, 0.2) is 18.2 Å². The number of aryl methyl sites for hydroxylation is 2. The van der Waals surface area contributed by atoms with Crippen LogP contribution in [0.25, 0.3) is 0 Å². The lowest BCUT2D eigenvalue weighted by atomic mass is 9.97.